The molecule has 2 unspecified atom stereocenters. The number of ketones is 1. The minimum absolute atomic E-state index is 0.0112. The third kappa shape index (κ3) is 11.6. The standard InChI is InChI=1S/C39H42F2N4O10/c1-21-27(28-18-25(54-3)9-11-32(28)43-21)19-36(48)45-33(39(52)53)12-14-35(47)44-31(22(2)46)6-4-5-15-42-37(49)20-55-34-13-7-23(16-29(34)38(50)51)26-10-8-24(40)17-30(26)41/h7-11,13,16-18,31,33,43H,4-6,12,14-15,19-20H2,1-3H3,(H,42,49)(H,44,47)(H,45,48)(H,50,51)(H,52,53). The number of aryl methyl sites for hydroxylation is 1. The summed E-state index contributed by atoms with van der Waals surface area (Å²) in [6, 6.07) is 9.89. The van der Waals surface area contributed by atoms with Crippen LogP contribution in [-0.4, -0.2) is 83.0 Å². The Morgan fingerprint density at radius 3 is 2.27 bits per heavy atom. The fourth-order valence-electron chi connectivity index (χ4n) is 5.91. The second-order valence-corrected chi connectivity index (χ2v) is 12.8. The van der Waals surface area contributed by atoms with Crippen LogP contribution in [0.3, 0.4) is 0 Å². The number of hydrogen-bond donors (Lipinski definition) is 6. The summed E-state index contributed by atoms with van der Waals surface area (Å²) in [5, 5.41) is 27.8. The molecule has 3 amide bonds. The lowest BCUT2D eigenvalue weighted by Gasteiger charge is -2.18. The number of aromatic amines is 1. The van der Waals surface area contributed by atoms with E-state index in [0.717, 1.165) is 28.7 Å². The molecule has 0 radical (unpaired) electrons. The van der Waals surface area contributed by atoms with Crippen molar-refractivity contribution >= 4 is 46.3 Å². The maximum atomic E-state index is 14.2. The molecular formula is C39H42F2N4O10. The monoisotopic (exact) mass is 764 g/mol. The van der Waals surface area contributed by atoms with E-state index >= 15 is 0 Å². The van der Waals surface area contributed by atoms with Gasteiger partial charge in [0.2, 0.25) is 11.8 Å². The Labute approximate surface area is 314 Å². The molecule has 0 saturated heterocycles. The highest BCUT2D eigenvalue weighted by atomic mass is 19.1. The van der Waals surface area contributed by atoms with Crippen molar-refractivity contribution in [3.05, 3.63) is 83.1 Å². The lowest BCUT2D eigenvalue weighted by molar-refractivity contribution is -0.142. The molecule has 0 saturated carbocycles. The Balaban J connectivity index is 1.19. The smallest absolute Gasteiger partial charge is 0.339 e. The number of aromatic carboxylic acids is 1. The highest BCUT2D eigenvalue weighted by Gasteiger charge is 2.24. The number of aliphatic carboxylic acids is 1. The highest BCUT2D eigenvalue weighted by Crippen LogP contribution is 2.30. The van der Waals surface area contributed by atoms with Crippen molar-refractivity contribution in [3.8, 4) is 22.6 Å². The zero-order valence-corrected chi connectivity index (χ0v) is 30.4. The van der Waals surface area contributed by atoms with E-state index in [2.05, 4.69) is 20.9 Å². The third-order valence-corrected chi connectivity index (χ3v) is 8.84. The second kappa shape index (κ2) is 19.1. The van der Waals surface area contributed by atoms with Crippen LogP contribution in [0.25, 0.3) is 22.0 Å². The molecule has 1 aromatic heterocycles. The van der Waals surface area contributed by atoms with Gasteiger partial charge in [-0.3, -0.25) is 19.2 Å². The molecule has 0 fully saturated rings. The van der Waals surface area contributed by atoms with Gasteiger partial charge in [-0.1, -0.05) is 6.07 Å². The number of fused-ring (bicyclic) bond motifs is 1. The van der Waals surface area contributed by atoms with E-state index in [9.17, 15) is 47.8 Å². The second-order valence-electron chi connectivity index (χ2n) is 12.8. The van der Waals surface area contributed by atoms with Crippen LogP contribution in [-0.2, 0) is 30.4 Å². The van der Waals surface area contributed by atoms with Crippen LogP contribution >= 0.6 is 0 Å². The lowest BCUT2D eigenvalue weighted by atomic mass is 10.0. The number of benzene rings is 3. The summed E-state index contributed by atoms with van der Waals surface area (Å²) in [7, 11) is 1.53. The van der Waals surface area contributed by atoms with Crippen molar-refractivity contribution in [2.75, 3.05) is 20.3 Å². The normalized spacial score (nSPS) is 12.0. The Hall–Kier alpha value is -6.32. The van der Waals surface area contributed by atoms with Crippen molar-refractivity contribution in [2.45, 2.75) is 64.5 Å². The zero-order valence-electron chi connectivity index (χ0n) is 30.4. The van der Waals surface area contributed by atoms with Crippen molar-refractivity contribution < 1.29 is 57.2 Å². The Morgan fingerprint density at radius 2 is 1.60 bits per heavy atom. The Morgan fingerprint density at radius 1 is 0.855 bits per heavy atom. The molecule has 55 heavy (non-hydrogen) atoms. The summed E-state index contributed by atoms with van der Waals surface area (Å²) in [5.41, 5.74) is 2.07. The number of rotatable bonds is 20. The number of ether oxygens (including phenoxy) is 2. The van der Waals surface area contributed by atoms with E-state index in [0.29, 0.717) is 30.2 Å². The molecule has 0 spiro atoms. The third-order valence-electron chi connectivity index (χ3n) is 8.84. The number of aromatic nitrogens is 1. The molecule has 0 aliphatic rings. The van der Waals surface area contributed by atoms with Gasteiger partial charge >= 0.3 is 11.9 Å². The number of carbonyl (C=O) groups excluding carboxylic acids is 4. The number of H-pyrrole nitrogens is 1. The number of carboxylic acid groups (broad SMARTS) is 2. The predicted molar refractivity (Wildman–Crippen MR) is 196 cm³/mol. The first-order valence-corrected chi connectivity index (χ1v) is 17.4. The maximum Gasteiger partial charge on any atom is 0.339 e. The van der Waals surface area contributed by atoms with Gasteiger partial charge in [0.15, 0.2) is 12.4 Å². The summed E-state index contributed by atoms with van der Waals surface area (Å²) in [6.45, 7) is 2.77. The number of nitrogens with one attached hydrogen (secondary N) is 4. The van der Waals surface area contributed by atoms with Gasteiger partial charge in [-0.25, -0.2) is 18.4 Å². The fraction of sp³-hybridized carbons (Fsp3) is 0.333. The van der Waals surface area contributed by atoms with Crippen LogP contribution in [0.2, 0.25) is 0 Å². The van der Waals surface area contributed by atoms with E-state index in [1.54, 1.807) is 19.1 Å². The Bertz CT molecular complexity index is 2080. The van der Waals surface area contributed by atoms with Gasteiger partial charge in [0.05, 0.1) is 19.6 Å². The van der Waals surface area contributed by atoms with Gasteiger partial charge in [-0.15, -0.1) is 0 Å². The number of amides is 3. The number of carbonyl (C=O) groups is 6. The van der Waals surface area contributed by atoms with E-state index < -0.39 is 60.0 Å². The first kappa shape index (κ1) is 41.4. The average Bonchev–Trinajstić information content (AvgIpc) is 3.44. The first-order valence-electron chi connectivity index (χ1n) is 17.4. The van der Waals surface area contributed by atoms with Gasteiger partial charge in [0.25, 0.3) is 5.91 Å². The minimum Gasteiger partial charge on any atom is -0.497 e. The summed E-state index contributed by atoms with van der Waals surface area (Å²) >= 11 is 0. The molecule has 2 atom stereocenters. The van der Waals surface area contributed by atoms with Gasteiger partial charge in [-0.2, -0.15) is 0 Å². The largest absolute Gasteiger partial charge is 0.497 e. The van der Waals surface area contributed by atoms with Crippen molar-refractivity contribution in [1.82, 2.24) is 20.9 Å². The lowest BCUT2D eigenvalue weighted by Crippen LogP contribution is -2.44. The number of Topliss-reactive ketones (excluding diaryl/α,β-unsaturated/α-hetero) is 1. The van der Waals surface area contributed by atoms with Gasteiger partial charge < -0.3 is 40.6 Å². The summed E-state index contributed by atoms with van der Waals surface area (Å²) < 4.78 is 38.2. The van der Waals surface area contributed by atoms with Crippen LogP contribution in [0.1, 0.15) is 60.6 Å². The SMILES string of the molecule is COc1ccc2[nH]c(C)c(CC(=O)NC(CCC(=O)NC(CCCCNC(=O)COc3ccc(-c4ccc(F)cc4F)cc3C(=O)O)C(C)=O)C(=O)O)c2c1. The summed E-state index contributed by atoms with van der Waals surface area (Å²) in [4.78, 5) is 77.1. The van der Waals surface area contributed by atoms with Gasteiger partial charge in [0.1, 0.15) is 34.7 Å². The van der Waals surface area contributed by atoms with Crippen molar-refractivity contribution in [3.63, 3.8) is 0 Å². The van der Waals surface area contributed by atoms with Crippen molar-refractivity contribution in [2.24, 2.45) is 0 Å². The van der Waals surface area contributed by atoms with Crippen LogP contribution in [0, 0.1) is 18.6 Å². The molecule has 16 heteroatoms. The van der Waals surface area contributed by atoms with E-state index in [1.165, 1.54) is 32.2 Å². The summed E-state index contributed by atoms with van der Waals surface area (Å²) in [6.07, 6.45) is 0.498. The topological polar surface area (TPSA) is 213 Å². The number of unbranched alkanes of at least 4 members (excludes halogenated alkanes) is 1. The molecule has 0 aliphatic carbocycles. The summed E-state index contributed by atoms with van der Waals surface area (Å²) in [5.74, 6) is -5.86. The quantitative estimate of drug-likeness (QED) is 0.0696. The highest BCUT2D eigenvalue weighted by molar-refractivity contribution is 5.94. The predicted octanol–water partition coefficient (Wildman–Crippen LogP) is 4.46. The van der Waals surface area contributed by atoms with Gasteiger partial charge in [-0.05, 0) is 93.1 Å². The Kier molecular flexibility index (Phi) is 14.4. The maximum absolute atomic E-state index is 14.2. The van der Waals surface area contributed by atoms with E-state index in [1.807, 2.05) is 6.07 Å². The zero-order chi connectivity index (χ0) is 40.2. The van der Waals surface area contributed by atoms with E-state index in [-0.39, 0.29) is 60.5 Å². The molecule has 0 aliphatic heterocycles. The number of hydrogen-bond acceptors (Lipinski definition) is 8. The number of carboxylic acids is 2. The average molecular weight is 765 g/mol. The number of halogens is 2. The minimum atomic E-state index is -1.38. The molecular weight excluding hydrogens is 722 g/mol. The fourth-order valence-corrected chi connectivity index (χ4v) is 5.91. The number of methoxy groups -OCH3 is 1. The van der Waals surface area contributed by atoms with Crippen LogP contribution in [0.4, 0.5) is 8.78 Å². The van der Waals surface area contributed by atoms with Crippen LogP contribution in [0.15, 0.2) is 54.6 Å². The van der Waals surface area contributed by atoms with Crippen LogP contribution in [0.5, 0.6) is 11.5 Å². The molecule has 1 heterocycles. The van der Waals surface area contributed by atoms with Gasteiger partial charge in [0, 0.05) is 41.2 Å². The molecule has 4 rings (SSSR count). The molecule has 14 nitrogen and oxygen atoms in total. The molecule has 0 bridgehead atoms. The molecule has 6 N–H and O–H groups in total. The van der Waals surface area contributed by atoms with Crippen molar-refractivity contribution in [1.29, 1.82) is 0 Å². The molecule has 3 aromatic carbocycles. The van der Waals surface area contributed by atoms with E-state index in [4.69, 9.17) is 9.47 Å². The first-order chi connectivity index (χ1) is 26.2. The molecule has 292 valence electrons. The van der Waals surface area contributed by atoms with Crippen LogP contribution < -0.4 is 25.4 Å². The molecule has 4 aromatic rings.